The average molecular weight is 173 g/mol. The second kappa shape index (κ2) is 3.87. The summed E-state index contributed by atoms with van der Waals surface area (Å²) in [5.74, 6) is -0.280. The van der Waals surface area contributed by atoms with Gasteiger partial charge < -0.3 is 4.74 Å². The van der Waals surface area contributed by atoms with Gasteiger partial charge in [-0.3, -0.25) is 4.84 Å². The maximum Gasteiger partial charge on any atom is 0.337 e. The van der Waals surface area contributed by atoms with Crippen molar-refractivity contribution in [2.24, 2.45) is 0 Å². The first-order chi connectivity index (χ1) is 5.69. The molecule has 0 aromatic rings. The van der Waals surface area contributed by atoms with Crippen molar-refractivity contribution < 1.29 is 14.4 Å². The lowest BCUT2D eigenvalue weighted by molar-refractivity contribution is -0.184. The number of nitrogens with zero attached hydrogens (tertiary/aromatic N) is 1. The molecular formula is C8H15NO3. The predicted molar refractivity (Wildman–Crippen MR) is 43.3 cm³/mol. The Hall–Kier alpha value is -0.610. The molecule has 0 unspecified atom stereocenters. The minimum Gasteiger partial charge on any atom is -0.467 e. The van der Waals surface area contributed by atoms with Gasteiger partial charge in [-0.05, 0) is 6.92 Å². The van der Waals surface area contributed by atoms with Crippen LogP contribution in [0.25, 0.3) is 0 Å². The van der Waals surface area contributed by atoms with Gasteiger partial charge in [0.2, 0.25) is 0 Å². The Kier molecular flexibility index (Phi) is 3.05. The molecular weight excluding hydrogens is 158 g/mol. The van der Waals surface area contributed by atoms with Crippen LogP contribution in [0.2, 0.25) is 0 Å². The number of hydrogen-bond donors (Lipinski definition) is 0. The third-order valence-electron chi connectivity index (χ3n) is 2.09. The van der Waals surface area contributed by atoms with Crippen molar-refractivity contribution in [1.29, 1.82) is 0 Å². The smallest absolute Gasteiger partial charge is 0.337 e. The molecule has 1 rings (SSSR count). The van der Waals surface area contributed by atoms with E-state index in [1.165, 1.54) is 7.11 Å². The molecule has 1 saturated heterocycles. The molecule has 70 valence electrons. The lowest BCUT2D eigenvalue weighted by atomic mass is 10.2. The highest BCUT2D eigenvalue weighted by atomic mass is 16.7. The molecule has 4 nitrogen and oxygen atoms in total. The van der Waals surface area contributed by atoms with Crippen molar-refractivity contribution in [2.45, 2.75) is 32.4 Å². The van der Waals surface area contributed by atoms with Crippen LogP contribution in [0.1, 0.15) is 20.3 Å². The molecule has 0 bridgehead atoms. The summed E-state index contributed by atoms with van der Waals surface area (Å²) in [6, 6.07) is 0.305. The van der Waals surface area contributed by atoms with Gasteiger partial charge in [-0.2, -0.15) is 5.06 Å². The van der Waals surface area contributed by atoms with E-state index in [-0.39, 0.29) is 5.97 Å². The van der Waals surface area contributed by atoms with Gasteiger partial charge in [-0.25, -0.2) is 4.79 Å². The second-order valence-corrected chi connectivity index (χ2v) is 2.94. The molecule has 12 heavy (non-hydrogen) atoms. The first-order valence-corrected chi connectivity index (χ1v) is 4.20. The zero-order chi connectivity index (χ0) is 9.14. The molecule has 0 aliphatic carbocycles. The average Bonchev–Trinajstić information content (AvgIpc) is 2.45. The second-order valence-electron chi connectivity index (χ2n) is 2.94. The quantitative estimate of drug-likeness (QED) is 0.572. The number of hydrogen-bond acceptors (Lipinski definition) is 4. The van der Waals surface area contributed by atoms with E-state index in [2.05, 4.69) is 4.74 Å². The summed E-state index contributed by atoms with van der Waals surface area (Å²) in [5.41, 5.74) is 0. The third kappa shape index (κ3) is 1.76. The molecule has 0 N–H and O–H groups in total. The highest BCUT2D eigenvalue weighted by molar-refractivity contribution is 5.74. The van der Waals surface area contributed by atoms with Gasteiger partial charge in [0.25, 0.3) is 0 Å². The van der Waals surface area contributed by atoms with Crippen LogP contribution in [0.5, 0.6) is 0 Å². The van der Waals surface area contributed by atoms with Gasteiger partial charge in [0.1, 0.15) is 0 Å². The molecule has 0 radical (unpaired) electrons. The molecule has 1 heterocycles. The van der Waals surface area contributed by atoms with Gasteiger partial charge in [-0.1, -0.05) is 6.92 Å². The first-order valence-electron chi connectivity index (χ1n) is 4.20. The number of esters is 1. The van der Waals surface area contributed by atoms with Gasteiger partial charge in [0, 0.05) is 19.0 Å². The Morgan fingerprint density at radius 1 is 1.75 bits per heavy atom. The van der Waals surface area contributed by atoms with Gasteiger partial charge in [0.15, 0.2) is 6.10 Å². The van der Waals surface area contributed by atoms with Crippen LogP contribution >= 0.6 is 0 Å². The lowest BCUT2D eigenvalue weighted by Crippen LogP contribution is -2.26. The van der Waals surface area contributed by atoms with Crippen LogP contribution in [0, 0.1) is 0 Å². The Balaban J connectivity index is 2.48. The summed E-state index contributed by atoms with van der Waals surface area (Å²) in [7, 11) is 1.38. The summed E-state index contributed by atoms with van der Waals surface area (Å²) in [5, 5.41) is 1.81. The van der Waals surface area contributed by atoms with Crippen molar-refractivity contribution in [3.8, 4) is 0 Å². The Morgan fingerprint density at radius 3 is 2.83 bits per heavy atom. The van der Waals surface area contributed by atoms with Crippen molar-refractivity contribution >= 4 is 5.97 Å². The van der Waals surface area contributed by atoms with E-state index in [0.717, 1.165) is 13.0 Å². The number of carbonyl (C=O) groups is 1. The fraction of sp³-hybridized carbons (Fsp3) is 0.875. The number of ether oxygens (including phenoxy) is 1. The lowest BCUT2D eigenvalue weighted by Gasteiger charge is -2.16. The topological polar surface area (TPSA) is 38.8 Å². The number of hydroxylamine groups is 2. The normalized spacial score (nSPS) is 30.6. The minimum atomic E-state index is -0.398. The molecule has 0 amide bonds. The summed E-state index contributed by atoms with van der Waals surface area (Å²) < 4.78 is 4.58. The summed E-state index contributed by atoms with van der Waals surface area (Å²) >= 11 is 0. The van der Waals surface area contributed by atoms with Crippen molar-refractivity contribution in [2.75, 3.05) is 13.7 Å². The molecule has 0 saturated carbocycles. The Bertz CT molecular complexity index is 172. The van der Waals surface area contributed by atoms with Gasteiger partial charge in [0.05, 0.1) is 7.11 Å². The molecule has 1 aliphatic rings. The van der Waals surface area contributed by atoms with Crippen LogP contribution in [-0.4, -0.2) is 36.8 Å². The standard InChI is InChI=1S/C8H15NO3/c1-4-9-6(2)5-7(12-9)8(10)11-3/h6-7H,4-5H2,1-3H3/t6-,7-/m0/s1. The van der Waals surface area contributed by atoms with E-state index < -0.39 is 6.10 Å². The zero-order valence-electron chi connectivity index (χ0n) is 7.74. The highest BCUT2D eigenvalue weighted by Gasteiger charge is 2.34. The maximum absolute atomic E-state index is 11.0. The predicted octanol–water partition coefficient (Wildman–Crippen LogP) is 0.574. The third-order valence-corrected chi connectivity index (χ3v) is 2.09. The molecule has 0 aromatic carbocycles. The van der Waals surface area contributed by atoms with Crippen LogP contribution < -0.4 is 0 Å². The molecule has 0 spiro atoms. The first kappa shape index (κ1) is 9.48. The van der Waals surface area contributed by atoms with E-state index in [0.29, 0.717) is 6.04 Å². The summed E-state index contributed by atoms with van der Waals surface area (Å²) in [6.45, 7) is 4.83. The van der Waals surface area contributed by atoms with E-state index in [1.54, 1.807) is 0 Å². The molecule has 0 aromatic heterocycles. The van der Waals surface area contributed by atoms with Crippen LogP contribution in [0.15, 0.2) is 0 Å². The SMILES string of the molecule is CCN1O[C@H](C(=O)OC)C[C@@H]1C. The summed E-state index contributed by atoms with van der Waals surface area (Å²) in [6.07, 6.45) is 0.325. The van der Waals surface area contributed by atoms with Gasteiger partial charge >= 0.3 is 5.97 Å². The van der Waals surface area contributed by atoms with E-state index in [1.807, 2.05) is 18.9 Å². The summed E-state index contributed by atoms with van der Waals surface area (Å²) in [4.78, 5) is 16.4. The van der Waals surface area contributed by atoms with Crippen molar-refractivity contribution in [3.05, 3.63) is 0 Å². The fourth-order valence-corrected chi connectivity index (χ4v) is 1.39. The van der Waals surface area contributed by atoms with Crippen molar-refractivity contribution in [1.82, 2.24) is 5.06 Å². The number of carbonyl (C=O) groups excluding carboxylic acids is 1. The molecule has 1 aliphatic heterocycles. The fourth-order valence-electron chi connectivity index (χ4n) is 1.39. The maximum atomic E-state index is 11.0. The van der Waals surface area contributed by atoms with Crippen LogP contribution in [0.4, 0.5) is 0 Å². The highest BCUT2D eigenvalue weighted by Crippen LogP contribution is 2.20. The van der Waals surface area contributed by atoms with Gasteiger partial charge in [-0.15, -0.1) is 0 Å². The molecule has 4 heteroatoms. The van der Waals surface area contributed by atoms with Crippen LogP contribution in [-0.2, 0) is 14.4 Å². The Labute approximate surface area is 72.4 Å². The largest absolute Gasteiger partial charge is 0.467 e. The van der Waals surface area contributed by atoms with E-state index in [4.69, 9.17) is 4.84 Å². The molecule has 2 atom stereocenters. The molecule has 1 fully saturated rings. The Morgan fingerprint density at radius 2 is 2.42 bits per heavy atom. The van der Waals surface area contributed by atoms with E-state index in [9.17, 15) is 4.79 Å². The van der Waals surface area contributed by atoms with E-state index >= 15 is 0 Å². The number of methoxy groups -OCH3 is 1. The minimum absolute atomic E-state index is 0.280. The number of rotatable bonds is 2. The zero-order valence-corrected chi connectivity index (χ0v) is 7.74. The van der Waals surface area contributed by atoms with Crippen molar-refractivity contribution in [3.63, 3.8) is 0 Å². The van der Waals surface area contributed by atoms with Crippen LogP contribution in [0.3, 0.4) is 0 Å². The monoisotopic (exact) mass is 173 g/mol.